The summed E-state index contributed by atoms with van der Waals surface area (Å²) in [5.41, 5.74) is 2.23. The van der Waals surface area contributed by atoms with Crippen LogP contribution in [0.25, 0.3) is 5.95 Å². The monoisotopic (exact) mass is 349 g/mol. The summed E-state index contributed by atoms with van der Waals surface area (Å²) in [6.07, 6.45) is 9.97. The van der Waals surface area contributed by atoms with Crippen molar-refractivity contribution in [1.82, 2.24) is 24.4 Å². The third-order valence-corrected chi connectivity index (χ3v) is 4.58. The Kier molecular flexibility index (Phi) is 5.33. The Balaban J connectivity index is 1.53. The molecule has 0 aromatic carbocycles. The number of rotatable bonds is 7. The number of hydrogen-bond acceptors (Lipinski definition) is 5. The van der Waals surface area contributed by atoms with Crippen LogP contribution in [0.2, 0.25) is 0 Å². The zero-order chi connectivity index (χ0) is 17.6. The lowest BCUT2D eigenvalue weighted by molar-refractivity contribution is 0.0668. The number of nitrogens with zero attached hydrogens (tertiary/aromatic N) is 5. The molecule has 1 aliphatic rings. The molecule has 134 valence electrons. The Morgan fingerprint density at radius 1 is 1.00 bits per heavy atom. The molecule has 6 nitrogen and oxygen atoms in total. The number of aromatic nitrogens is 4. The van der Waals surface area contributed by atoms with Crippen LogP contribution in [0, 0.1) is 0 Å². The maximum absolute atomic E-state index is 5.86. The van der Waals surface area contributed by atoms with E-state index in [0.29, 0.717) is 12.1 Å². The van der Waals surface area contributed by atoms with E-state index in [-0.39, 0.29) is 0 Å². The maximum atomic E-state index is 5.86. The molecular weight excluding hydrogens is 326 g/mol. The van der Waals surface area contributed by atoms with Crippen LogP contribution in [-0.4, -0.2) is 43.7 Å². The molecule has 6 heteroatoms. The van der Waals surface area contributed by atoms with Crippen LogP contribution >= 0.6 is 0 Å². The molecule has 1 atom stereocenters. The van der Waals surface area contributed by atoms with Crippen LogP contribution in [0.3, 0.4) is 0 Å². The van der Waals surface area contributed by atoms with E-state index < -0.39 is 0 Å². The fourth-order valence-corrected chi connectivity index (χ4v) is 3.37. The van der Waals surface area contributed by atoms with E-state index in [1.807, 2.05) is 41.2 Å². The molecular formula is C20H23N5O. The van der Waals surface area contributed by atoms with Gasteiger partial charge in [-0.3, -0.25) is 14.5 Å². The zero-order valence-corrected chi connectivity index (χ0v) is 14.7. The van der Waals surface area contributed by atoms with Gasteiger partial charge in [-0.2, -0.15) is 0 Å². The third kappa shape index (κ3) is 4.15. The molecule has 1 unspecified atom stereocenters. The van der Waals surface area contributed by atoms with Gasteiger partial charge in [0.25, 0.3) is 0 Å². The van der Waals surface area contributed by atoms with Crippen LogP contribution < -0.4 is 0 Å². The highest BCUT2D eigenvalue weighted by Crippen LogP contribution is 2.18. The second kappa shape index (κ2) is 8.21. The minimum atomic E-state index is 0.301. The lowest BCUT2D eigenvalue weighted by Crippen LogP contribution is -2.32. The summed E-state index contributed by atoms with van der Waals surface area (Å²) in [6, 6.07) is 12.0. The molecule has 4 heterocycles. The van der Waals surface area contributed by atoms with E-state index >= 15 is 0 Å². The van der Waals surface area contributed by atoms with Gasteiger partial charge in [0, 0.05) is 56.7 Å². The molecule has 0 spiro atoms. The number of ether oxygens (including phenoxy) is 1. The molecule has 3 aromatic heterocycles. The smallest absolute Gasteiger partial charge is 0.233 e. The fourth-order valence-electron chi connectivity index (χ4n) is 3.37. The molecule has 0 aliphatic carbocycles. The van der Waals surface area contributed by atoms with Crippen molar-refractivity contribution in [3.63, 3.8) is 0 Å². The summed E-state index contributed by atoms with van der Waals surface area (Å²) in [7, 11) is 0. The minimum absolute atomic E-state index is 0.301. The van der Waals surface area contributed by atoms with Crippen LogP contribution in [0.15, 0.2) is 61.2 Å². The molecule has 3 aromatic rings. The Hall–Kier alpha value is -2.57. The van der Waals surface area contributed by atoms with Gasteiger partial charge >= 0.3 is 0 Å². The second-order valence-corrected chi connectivity index (χ2v) is 6.54. The first-order valence-corrected chi connectivity index (χ1v) is 9.06. The Bertz CT molecular complexity index is 799. The molecule has 1 aliphatic heterocycles. The fraction of sp³-hybridized carbons (Fsp3) is 0.350. The van der Waals surface area contributed by atoms with Gasteiger partial charge in [-0.25, -0.2) is 9.97 Å². The summed E-state index contributed by atoms with van der Waals surface area (Å²) in [5.74, 6) is 0.697. The Morgan fingerprint density at radius 2 is 1.88 bits per heavy atom. The van der Waals surface area contributed by atoms with Crippen molar-refractivity contribution in [1.29, 1.82) is 0 Å². The molecule has 1 saturated heterocycles. The molecule has 0 bridgehead atoms. The summed E-state index contributed by atoms with van der Waals surface area (Å²) in [5, 5.41) is 0. The largest absolute Gasteiger partial charge is 0.377 e. The molecule has 26 heavy (non-hydrogen) atoms. The van der Waals surface area contributed by atoms with Gasteiger partial charge in [-0.1, -0.05) is 6.07 Å². The van der Waals surface area contributed by atoms with E-state index in [1.54, 1.807) is 12.4 Å². The van der Waals surface area contributed by atoms with E-state index in [2.05, 4.69) is 32.0 Å². The van der Waals surface area contributed by atoms with E-state index in [1.165, 1.54) is 0 Å². The normalized spacial score (nSPS) is 17.0. The van der Waals surface area contributed by atoms with Crippen molar-refractivity contribution in [3.8, 4) is 5.95 Å². The first kappa shape index (κ1) is 16.9. The second-order valence-electron chi connectivity index (χ2n) is 6.54. The highest BCUT2D eigenvalue weighted by Gasteiger charge is 2.21. The predicted octanol–water partition coefficient (Wildman–Crippen LogP) is 2.84. The topological polar surface area (TPSA) is 56.1 Å². The van der Waals surface area contributed by atoms with Gasteiger partial charge in [-0.15, -0.1) is 0 Å². The highest BCUT2D eigenvalue weighted by molar-refractivity contribution is 5.20. The van der Waals surface area contributed by atoms with Crippen LogP contribution in [0.5, 0.6) is 0 Å². The van der Waals surface area contributed by atoms with Crippen molar-refractivity contribution in [2.45, 2.75) is 32.0 Å². The van der Waals surface area contributed by atoms with E-state index in [9.17, 15) is 0 Å². The van der Waals surface area contributed by atoms with Crippen molar-refractivity contribution >= 4 is 0 Å². The Labute approximate surface area is 153 Å². The van der Waals surface area contributed by atoms with Crippen LogP contribution in [-0.2, 0) is 17.8 Å². The summed E-state index contributed by atoms with van der Waals surface area (Å²) in [6.45, 7) is 3.36. The van der Waals surface area contributed by atoms with E-state index in [0.717, 1.165) is 50.5 Å². The Morgan fingerprint density at radius 3 is 2.65 bits per heavy atom. The molecule has 0 N–H and O–H groups in total. The van der Waals surface area contributed by atoms with Crippen LogP contribution in [0.4, 0.5) is 0 Å². The van der Waals surface area contributed by atoms with Crippen LogP contribution in [0.1, 0.15) is 24.2 Å². The van der Waals surface area contributed by atoms with Gasteiger partial charge in [0.2, 0.25) is 5.95 Å². The molecule has 0 saturated carbocycles. The minimum Gasteiger partial charge on any atom is -0.377 e. The number of pyridine rings is 1. The van der Waals surface area contributed by atoms with Gasteiger partial charge in [0.05, 0.1) is 11.8 Å². The van der Waals surface area contributed by atoms with Gasteiger partial charge in [0.15, 0.2) is 0 Å². The van der Waals surface area contributed by atoms with Gasteiger partial charge in [-0.05, 0) is 43.2 Å². The van der Waals surface area contributed by atoms with Crippen molar-refractivity contribution in [2.75, 3.05) is 13.2 Å². The lowest BCUT2D eigenvalue weighted by atomic mass is 10.2. The van der Waals surface area contributed by atoms with E-state index in [4.69, 9.17) is 4.74 Å². The predicted molar refractivity (Wildman–Crippen MR) is 98.7 cm³/mol. The standard InChI is InChI=1S/C20H23N5O/c1-2-9-21-17(6-1)14-24(16-19-8-4-13-26-19)15-18-7-3-12-25(18)20-22-10-5-11-23-20/h1-3,5-7,9-12,19H,4,8,13-16H2. The lowest BCUT2D eigenvalue weighted by Gasteiger charge is -2.25. The van der Waals surface area contributed by atoms with Crippen molar-refractivity contribution in [3.05, 3.63) is 72.6 Å². The summed E-state index contributed by atoms with van der Waals surface area (Å²) >= 11 is 0. The maximum Gasteiger partial charge on any atom is 0.233 e. The van der Waals surface area contributed by atoms with Gasteiger partial charge in [0.1, 0.15) is 0 Å². The molecule has 0 radical (unpaired) electrons. The molecule has 4 rings (SSSR count). The van der Waals surface area contributed by atoms with Crippen molar-refractivity contribution < 1.29 is 4.74 Å². The van der Waals surface area contributed by atoms with Gasteiger partial charge < -0.3 is 4.74 Å². The summed E-state index contributed by atoms with van der Waals surface area (Å²) < 4.78 is 7.90. The first-order chi connectivity index (χ1) is 12.9. The first-order valence-electron chi connectivity index (χ1n) is 9.06. The molecule has 1 fully saturated rings. The average molecular weight is 349 g/mol. The SMILES string of the molecule is c1ccc(CN(Cc2cccn2-c2ncccn2)CC2CCCO2)nc1. The third-order valence-electron chi connectivity index (χ3n) is 4.58. The summed E-state index contributed by atoms with van der Waals surface area (Å²) in [4.78, 5) is 15.6. The average Bonchev–Trinajstić information content (AvgIpc) is 3.35. The molecule has 0 amide bonds. The highest BCUT2D eigenvalue weighted by atomic mass is 16.5. The number of hydrogen-bond donors (Lipinski definition) is 0. The quantitative estimate of drug-likeness (QED) is 0.656. The zero-order valence-electron chi connectivity index (χ0n) is 14.7. The van der Waals surface area contributed by atoms with Crippen molar-refractivity contribution in [2.24, 2.45) is 0 Å².